The van der Waals surface area contributed by atoms with Crippen LogP contribution in [-0.2, 0) is 0 Å². The molecule has 0 aliphatic heterocycles. The summed E-state index contributed by atoms with van der Waals surface area (Å²) < 4.78 is 27.9. The molecular formula is C23H17N3O5. The highest BCUT2D eigenvalue weighted by molar-refractivity contribution is 6.04. The molecule has 0 radical (unpaired) electrons. The van der Waals surface area contributed by atoms with E-state index in [9.17, 15) is 0 Å². The fourth-order valence-electron chi connectivity index (χ4n) is 3.32. The standard InChI is InChI=1S/C23H17N3O5/c1-27-15-8-7-14(11-18(15)28-2)12-24-22-20-19(16-5-3-9-29-16)21(17-6-4-10-30-17)31-23(20)26-13-25-22/h3-13H,1-2H3. The first-order valence-corrected chi connectivity index (χ1v) is 9.40. The van der Waals surface area contributed by atoms with Crippen molar-refractivity contribution in [1.82, 2.24) is 9.97 Å². The second kappa shape index (κ2) is 7.83. The van der Waals surface area contributed by atoms with E-state index in [0.29, 0.717) is 51.3 Å². The van der Waals surface area contributed by atoms with Gasteiger partial charge in [-0.25, -0.2) is 15.0 Å². The van der Waals surface area contributed by atoms with Crippen LogP contribution in [0.5, 0.6) is 11.5 Å². The first kappa shape index (κ1) is 18.7. The SMILES string of the molecule is COc1ccc(C=Nc2ncnc3oc(-c4ccco4)c(-c4ccco4)c23)cc1OC. The normalized spacial score (nSPS) is 11.4. The molecule has 8 nitrogen and oxygen atoms in total. The number of hydrogen-bond acceptors (Lipinski definition) is 8. The maximum absolute atomic E-state index is 6.01. The molecule has 0 N–H and O–H groups in total. The van der Waals surface area contributed by atoms with Crippen molar-refractivity contribution in [2.75, 3.05) is 14.2 Å². The fourth-order valence-corrected chi connectivity index (χ4v) is 3.32. The molecule has 0 fully saturated rings. The number of ether oxygens (including phenoxy) is 2. The molecule has 0 saturated heterocycles. The van der Waals surface area contributed by atoms with Gasteiger partial charge in [0.2, 0.25) is 5.71 Å². The second-order valence-electron chi connectivity index (χ2n) is 6.51. The van der Waals surface area contributed by atoms with Crippen molar-refractivity contribution in [3.05, 3.63) is 66.9 Å². The molecule has 5 aromatic rings. The van der Waals surface area contributed by atoms with Gasteiger partial charge in [0.05, 0.1) is 37.7 Å². The highest BCUT2D eigenvalue weighted by Crippen LogP contribution is 2.43. The first-order chi connectivity index (χ1) is 15.3. The molecule has 0 atom stereocenters. The molecule has 1 aromatic carbocycles. The van der Waals surface area contributed by atoms with Gasteiger partial charge >= 0.3 is 0 Å². The van der Waals surface area contributed by atoms with E-state index in [1.165, 1.54) is 6.33 Å². The molecule has 0 saturated carbocycles. The molecule has 4 aromatic heterocycles. The smallest absolute Gasteiger partial charge is 0.232 e. The van der Waals surface area contributed by atoms with Gasteiger partial charge in [-0.1, -0.05) is 0 Å². The van der Waals surface area contributed by atoms with E-state index in [4.69, 9.17) is 22.7 Å². The van der Waals surface area contributed by atoms with Crippen LogP contribution in [0.15, 0.2) is 79.6 Å². The summed E-state index contributed by atoms with van der Waals surface area (Å²) in [5.41, 5.74) is 1.88. The zero-order valence-electron chi connectivity index (χ0n) is 16.7. The van der Waals surface area contributed by atoms with Gasteiger partial charge in [-0.2, -0.15) is 0 Å². The highest BCUT2D eigenvalue weighted by Gasteiger charge is 2.25. The number of rotatable bonds is 6. The minimum Gasteiger partial charge on any atom is -0.493 e. The summed E-state index contributed by atoms with van der Waals surface area (Å²) in [7, 11) is 3.18. The molecule has 0 bridgehead atoms. The largest absolute Gasteiger partial charge is 0.493 e. The number of aromatic nitrogens is 2. The van der Waals surface area contributed by atoms with Gasteiger partial charge in [-0.15, -0.1) is 0 Å². The Morgan fingerprint density at radius 1 is 0.903 bits per heavy atom. The predicted molar refractivity (Wildman–Crippen MR) is 114 cm³/mol. The van der Waals surface area contributed by atoms with E-state index < -0.39 is 0 Å². The Kier molecular flexibility index (Phi) is 4.72. The van der Waals surface area contributed by atoms with Crippen LogP contribution in [0.4, 0.5) is 5.82 Å². The van der Waals surface area contributed by atoms with Crippen molar-refractivity contribution >= 4 is 23.1 Å². The Morgan fingerprint density at radius 2 is 1.68 bits per heavy atom. The number of aliphatic imine (C=N–C) groups is 1. The van der Waals surface area contributed by atoms with E-state index >= 15 is 0 Å². The van der Waals surface area contributed by atoms with Crippen LogP contribution in [0.1, 0.15) is 5.56 Å². The van der Waals surface area contributed by atoms with Gasteiger partial charge in [-0.3, -0.25) is 0 Å². The minimum atomic E-state index is 0.382. The van der Waals surface area contributed by atoms with Crippen molar-refractivity contribution < 1.29 is 22.7 Å². The van der Waals surface area contributed by atoms with Gasteiger partial charge in [0, 0.05) is 6.21 Å². The average Bonchev–Trinajstić information content (AvgIpc) is 3.57. The summed E-state index contributed by atoms with van der Waals surface area (Å²) >= 11 is 0. The number of methoxy groups -OCH3 is 2. The summed E-state index contributed by atoms with van der Waals surface area (Å²) in [5.74, 6) is 3.34. The van der Waals surface area contributed by atoms with Crippen LogP contribution >= 0.6 is 0 Å². The lowest BCUT2D eigenvalue weighted by atomic mass is 10.1. The molecule has 0 amide bonds. The van der Waals surface area contributed by atoms with E-state index in [1.54, 1.807) is 45.1 Å². The molecule has 0 spiro atoms. The predicted octanol–water partition coefficient (Wildman–Crippen LogP) is 5.51. The van der Waals surface area contributed by atoms with Crippen LogP contribution in [0.3, 0.4) is 0 Å². The average molecular weight is 415 g/mol. The lowest BCUT2D eigenvalue weighted by molar-refractivity contribution is 0.355. The summed E-state index contributed by atoms with van der Waals surface area (Å²) in [5, 5.41) is 0.626. The van der Waals surface area contributed by atoms with Gasteiger partial charge in [0.15, 0.2) is 28.8 Å². The third-order valence-corrected chi connectivity index (χ3v) is 4.72. The van der Waals surface area contributed by atoms with Crippen molar-refractivity contribution in [2.24, 2.45) is 4.99 Å². The molecule has 4 heterocycles. The molecule has 5 rings (SSSR count). The van der Waals surface area contributed by atoms with Crippen molar-refractivity contribution in [3.63, 3.8) is 0 Å². The zero-order chi connectivity index (χ0) is 21.2. The number of nitrogens with zero attached hydrogens (tertiary/aromatic N) is 3. The summed E-state index contributed by atoms with van der Waals surface area (Å²) in [6, 6.07) is 12.8. The number of furan rings is 3. The van der Waals surface area contributed by atoms with E-state index in [1.807, 2.05) is 30.3 Å². The summed E-state index contributed by atoms with van der Waals surface area (Å²) in [6.07, 6.45) is 6.27. The second-order valence-corrected chi connectivity index (χ2v) is 6.51. The van der Waals surface area contributed by atoms with E-state index in [2.05, 4.69) is 15.0 Å². The number of benzene rings is 1. The van der Waals surface area contributed by atoms with Crippen molar-refractivity contribution in [3.8, 4) is 34.3 Å². The molecule has 0 unspecified atom stereocenters. The summed E-state index contributed by atoms with van der Waals surface area (Å²) in [6.45, 7) is 0. The Bertz CT molecular complexity index is 1350. The Labute approximate surface area is 176 Å². The Hall–Kier alpha value is -4.33. The van der Waals surface area contributed by atoms with Crippen molar-refractivity contribution in [1.29, 1.82) is 0 Å². The quantitative estimate of drug-likeness (QED) is 0.337. The molecule has 0 aliphatic carbocycles. The molecule has 0 aliphatic rings. The molecule has 8 heteroatoms. The molecule has 154 valence electrons. The zero-order valence-corrected chi connectivity index (χ0v) is 16.7. The summed E-state index contributed by atoms with van der Waals surface area (Å²) in [4.78, 5) is 13.2. The fraction of sp³-hybridized carbons (Fsp3) is 0.0870. The minimum absolute atomic E-state index is 0.382. The monoisotopic (exact) mass is 415 g/mol. The van der Waals surface area contributed by atoms with Crippen LogP contribution in [0, 0.1) is 0 Å². The van der Waals surface area contributed by atoms with Gasteiger partial charge in [0.1, 0.15) is 12.1 Å². The number of fused-ring (bicyclic) bond motifs is 1. The number of hydrogen-bond donors (Lipinski definition) is 0. The highest BCUT2D eigenvalue weighted by atomic mass is 16.5. The first-order valence-electron chi connectivity index (χ1n) is 9.40. The Morgan fingerprint density at radius 3 is 2.39 bits per heavy atom. The van der Waals surface area contributed by atoms with Crippen molar-refractivity contribution in [2.45, 2.75) is 0 Å². The third-order valence-electron chi connectivity index (χ3n) is 4.72. The van der Waals surface area contributed by atoms with Gasteiger partial charge in [-0.05, 0) is 48.0 Å². The lowest BCUT2D eigenvalue weighted by Crippen LogP contribution is -1.92. The van der Waals surface area contributed by atoms with Crippen LogP contribution in [0.25, 0.3) is 33.9 Å². The maximum Gasteiger partial charge on any atom is 0.232 e. The third kappa shape index (κ3) is 3.33. The topological polar surface area (TPSA) is 96.0 Å². The van der Waals surface area contributed by atoms with E-state index in [-0.39, 0.29) is 0 Å². The van der Waals surface area contributed by atoms with Crippen LogP contribution < -0.4 is 9.47 Å². The van der Waals surface area contributed by atoms with Gasteiger partial charge < -0.3 is 22.7 Å². The van der Waals surface area contributed by atoms with Crippen LogP contribution in [-0.4, -0.2) is 30.4 Å². The lowest BCUT2D eigenvalue weighted by Gasteiger charge is -2.07. The van der Waals surface area contributed by atoms with E-state index in [0.717, 1.165) is 5.56 Å². The Balaban J connectivity index is 1.66. The molecular weight excluding hydrogens is 398 g/mol. The maximum atomic E-state index is 6.01. The van der Waals surface area contributed by atoms with Gasteiger partial charge in [0.25, 0.3) is 0 Å². The molecule has 31 heavy (non-hydrogen) atoms. The van der Waals surface area contributed by atoms with Crippen LogP contribution in [0.2, 0.25) is 0 Å².